The van der Waals surface area contributed by atoms with Crippen LogP contribution in [0.5, 0.6) is 0 Å². The van der Waals surface area contributed by atoms with E-state index in [0.29, 0.717) is 12.8 Å². The number of carboxylic acid groups (broad SMARTS) is 1. The van der Waals surface area contributed by atoms with Crippen LogP contribution in [0.15, 0.2) is 24.3 Å². The quantitative estimate of drug-likeness (QED) is 0.770. The predicted molar refractivity (Wildman–Crippen MR) is 55.7 cm³/mol. The summed E-state index contributed by atoms with van der Waals surface area (Å²) < 4.78 is 0. The maximum Gasteiger partial charge on any atom is 0.314 e. The first-order valence-corrected chi connectivity index (χ1v) is 5.04. The van der Waals surface area contributed by atoms with E-state index in [9.17, 15) is 15.0 Å². The molecule has 0 spiro atoms. The molecule has 3 nitrogen and oxygen atoms in total. The van der Waals surface area contributed by atoms with Gasteiger partial charge in [0, 0.05) is 0 Å². The Labute approximate surface area is 88.4 Å². The van der Waals surface area contributed by atoms with Crippen molar-refractivity contribution in [2.45, 2.75) is 31.3 Å². The third-order valence-electron chi connectivity index (χ3n) is 3.24. The Morgan fingerprint density at radius 2 is 2.00 bits per heavy atom. The molecule has 80 valence electrons. The van der Waals surface area contributed by atoms with Gasteiger partial charge in [-0.05, 0) is 30.9 Å². The Hall–Kier alpha value is -1.35. The molecular weight excluding hydrogens is 192 g/mol. The van der Waals surface area contributed by atoms with Crippen molar-refractivity contribution in [3.63, 3.8) is 0 Å². The highest BCUT2D eigenvalue weighted by molar-refractivity contribution is 5.83. The second kappa shape index (κ2) is 3.35. The molecule has 2 rings (SSSR count). The van der Waals surface area contributed by atoms with E-state index in [1.54, 1.807) is 0 Å². The molecule has 1 aromatic rings. The molecule has 0 saturated heterocycles. The number of benzene rings is 1. The van der Waals surface area contributed by atoms with Crippen LogP contribution in [-0.2, 0) is 10.2 Å². The smallest absolute Gasteiger partial charge is 0.314 e. The minimum absolute atomic E-state index is 0.327. The van der Waals surface area contributed by atoms with Crippen LogP contribution >= 0.6 is 0 Å². The first-order chi connectivity index (χ1) is 7.06. The van der Waals surface area contributed by atoms with Crippen molar-refractivity contribution in [2.24, 2.45) is 0 Å². The van der Waals surface area contributed by atoms with Crippen molar-refractivity contribution in [3.05, 3.63) is 35.4 Å². The van der Waals surface area contributed by atoms with Crippen LogP contribution in [0.2, 0.25) is 0 Å². The largest absolute Gasteiger partial charge is 0.481 e. The lowest BCUT2D eigenvalue weighted by molar-refractivity contribution is -0.153. The molecule has 1 saturated carbocycles. The summed E-state index contributed by atoms with van der Waals surface area (Å²) in [7, 11) is 0. The summed E-state index contributed by atoms with van der Waals surface area (Å²) in [5, 5.41) is 18.6. The fourth-order valence-corrected chi connectivity index (χ4v) is 2.36. The first-order valence-electron chi connectivity index (χ1n) is 5.04. The van der Waals surface area contributed by atoms with Crippen molar-refractivity contribution >= 4 is 5.97 Å². The van der Waals surface area contributed by atoms with E-state index in [1.165, 1.54) is 0 Å². The molecule has 0 aromatic heterocycles. The fourth-order valence-electron chi connectivity index (χ4n) is 2.36. The number of carbonyl (C=O) groups is 1. The number of aliphatic hydroxyl groups excluding tert-OH is 1. The van der Waals surface area contributed by atoms with Crippen LogP contribution in [0.25, 0.3) is 0 Å². The van der Waals surface area contributed by atoms with Crippen molar-refractivity contribution < 1.29 is 15.0 Å². The summed E-state index contributed by atoms with van der Waals surface area (Å²) in [5.41, 5.74) is 0.958. The van der Waals surface area contributed by atoms with Crippen molar-refractivity contribution in [1.82, 2.24) is 0 Å². The summed E-state index contributed by atoms with van der Waals surface area (Å²) >= 11 is 0. The minimum Gasteiger partial charge on any atom is -0.481 e. The van der Waals surface area contributed by atoms with Crippen LogP contribution < -0.4 is 0 Å². The topological polar surface area (TPSA) is 57.5 Å². The Kier molecular flexibility index (Phi) is 2.27. The van der Waals surface area contributed by atoms with Crippen LogP contribution in [0.4, 0.5) is 0 Å². The van der Waals surface area contributed by atoms with Crippen molar-refractivity contribution in [3.8, 4) is 0 Å². The molecule has 1 aliphatic carbocycles. The first kappa shape index (κ1) is 10.2. The van der Waals surface area contributed by atoms with E-state index in [2.05, 4.69) is 0 Å². The van der Waals surface area contributed by atoms with Gasteiger partial charge in [-0.3, -0.25) is 4.79 Å². The van der Waals surface area contributed by atoms with Gasteiger partial charge in [-0.25, -0.2) is 0 Å². The van der Waals surface area contributed by atoms with E-state index in [-0.39, 0.29) is 0 Å². The molecule has 3 heteroatoms. The number of aryl methyl sites for hydroxylation is 1. The van der Waals surface area contributed by atoms with Gasteiger partial charge < -0.3 is 10.2 Å². The van der Waals surface area contributed by atoms with E-state index in [4.69, 9.17) is 0 Å². The molecule has 0 heterocycles. The molecule has 0 bridgehead atoms. The molecule has 0 unspecified atom stereocenters. The monoisotopic (exact) mass is 206 g/mol. The van der Waals surface area contributed by atoms with Crippen LogP contribution in [0, 0.1) is 6.92 Å². The van der Waals surface area contributed by atoms with Crippen molar-refractivity contribution in [1.29, 1.82) is 0 Å². The second-order valence-corrected chi connectivity index (χ2v) is 4.26. The molecule has 0 amide bonds. The fraction of sp³-hybridized carbons (Fsp3) is 0.417. The molecule has 1 aromatic carbocycles. The Balaban J connectivity index is 2.43. The Bertz CT molecular complexity index is 392. The zero-order valence-corrected chi connectivity index (χ0v) is 8.60. The van der Waals surface area contributed by atoms with Gasteiger partial charge in [0.2, 0.25) is 0 Å². The van der Waals surface area contributed by atoms with E-state index < -0.39 is 17.5 Å². The molecule has 15 heavy (non-hydrogen) atoms. The number of aliphatic hydroxyl groups is 1. The van der Waals surface area contributed by atoms with Gasteiger partial charge in [-0.15, -0.1) is 0 Å². The summed E-state index contributed by atoms with van der Waals surface area (Å²) in [6.45, 7) is 1.91. The summed E-state index contributed by atoms with van der Waals surface area (Å²) in [6.07, 6.45) is 0.182. The maximum absolute atomic E-state index is 11.3. The van der Waals surface area contributed by atoms with Gasteiger partial charge in [-0.1, -0.05) is 24.3 Å². The molecule has 1 aliphatic rings. The maximum atomic E-state index is 11.3. The van der Waals surface area contributed by atoms with Gasteiger partial charge in [-0.2, -0.15) is 0 Å². The number of carboxylic acids is 1. The van der Waals surface area contributed by atoms with Gasteiger partial charge in [0.25, 0.3) is 0 Å². The van der Waals surface area contributed by atoms with Gasteiger partial charge >= 0.3 is 5.97 Å². The molecule has 2 N–H and O–H groups in total. The van der Waals surface area contributed by atoms with Gasteiger partial charge in [0.05, 0.1) is 11.5 Å². The normalized spacial score (nSPS) is 29.6. The number of aliphatic carboxylic acids is 1. The zero-order valence-electron chi connectivity index (χ0n) is 8.60. The minimum atomic E-state index is -0.856. The van der Waals surface area contributed by atoms with Gasteiger partial charge in [0.15, 0.2) is 0 Å². The highest BCUT2D eigenvalue weighted by Gasteiger charge is 2.51. The van der Waals surface area contributed by atoms with Gasteiger partial charge in [0.1, 0.15) is 0 Å². The second-order valence-electron chi connectivity index (χ2n) is 4.26. The van der Waals surface area contributed by atoms with Crippen LogP contribution in [-0.4, -0.2) is 22.3 Å². The lowest BCUT2D eigenvalue weighted by Crippen LogP contribution is -2.50. The average Bonchev–Trinajstić information content (AvgIpc) is 2.13. The van der Waals surface area contributed by atoms with Crippen LogP contribution in [0.1, 0.15) is 24.0 Å². The third-order valence-corrected chi connectivity index (χ3v) is 3.24. The number of hydrogen-bond donors (Lipinski definition) is 2. The van der Waals surface area contributed by atoms with Crippen LogP contribution in [0.3, 0.4) is 0 Å². The number of rotatable bonds is 2. The summed E-state index contributed by atoms with van der Waals surface area (Å²) in [4.78, 5) is 11.3. The lowest BCUT2D eigenvalue weighted by atomic mass is 9.62. The molecule has 0 aliphatic heterocycles. The molecule has 0 radical (unpaired) electrons. The Morgan fingerprint density at radius 3 is 2.47 bits per heavy atom. The average molecular weight is 206 g/mol. The summed E-state index contributed by atoms with van der Waals surface area (Å²) in [6, 6.07) is 7.49. The van der Waals surface area contributed by atoms with Crippen molar-refractivity contribution in [2.75, 3.05) is 0 Å². The molecular formula is C12H14O3. The highest BCUT2D eigenvalue weighted by atomic mass is 16.4. The van der Waals surface area contributed by atoms with E-state index in [0.717, 1.165) is 11.1 Å². The van der Waals surface area contributed by atoms with E-state index >= 15 is 0 Å². The third kappa shape index (κ3) is 1.43. The van der Waals surface area contributed by atoms with E-state index in [1.807, 2.05) is 31.2 Å². The Morgan fingerprint density at radius 1 is 1.40 bits per heavy atom. The number of hydrogen-bond acceptors (Lipinski definition) is 2. The predicted octanol–water partition coefficient (Wildman–Crippen LogP) is 1.47. The SMILES string of the molecule is Cc1ccccc1C1(C(=O)O)CC(O)C1. The zero-order chi connectivity index (χ0) is 11.1. The highest BCUT2D eigenvalue weighted by Crippen LogP contribution is 2.45. The summed E-state index contributed by atoms with van der Waals surface area (Å²) in [5.74, 6) is -0.831. The standard InChI is InChI=1S/C12H14O3/c1-8-4-2-3-5-10(8)12(11(14)15)6-9(13)7-12/h2-5,9,13H,6-7H2,1H3,(H,14,15). The molecule has 1 fully saturated rings. The lowest BCUT2D eigenvalue weighted by Gasteiger charge is -2.42. The molecule has 0 atom stereocenters.